The first-order valence-electron chi connectivity index (χ1n) is 5.76. The van der Waals surface area contributed by atoms with E-state index in [0.717, 1.165) is 0 Å². The predicted octanol–water partition coefficient (Wildman–Crippen LogP) is 3.04. The molecule has 0 saturated carbocycles. The highest BCUT2D eigenvalue weighted by molar-refractivity contribution is 5.95. The van der Waals surface area contributed by atoms with Gasteiger partial charge in [-0.3, -0.25) is 0 Å². The monoisotopic (exact) mass is 294 g/mol. The third-order valence-corrected chi connectivity index (χ3v) is 2.03. The largest absolute Gasteiger partial charge is 0.460 e. The Kier molecular flexibility index (Phi) is 4.80. The lowest BCUT2D eigenvalue weighted by molar-refractivity contribution is -0.153. The van der Waals surface area contributed by atoms with Crippen molar-refractivity contribution in [2.45, 2.75) is 33.1 Å². The van der Waals surface area contributed by atoms with Gasteiger partial charge in [-0.15, -0.1) is 0 Å². The van der Waals surface area contributed by atoms with Crippen LogP contribution in [0, 0.1) is 0 Å². The number of rotatable bonds is 4. The highest BCUT2D eigenvalue weighted by Gasteiger charge is 2.42. The predicted molar refractivity (Wildman–Crippen MR) is 60.2 cm³/mol. The number of carbonyl (C=O) groups excluding carboxylic acids is 2. The summed E-state index contributed by atoms with van der Waals surface area (Å²) >= 11 is 0. The van der Waals surface area contributed by atoms with E-state index in [2.05, 4.69) is 13.9 Å². The lowest BCUT2D eigenvalue weighted by Gasteiger charge is -2.08. The maximum atomic E-state index is 12.8. The van der Waals surface area contributed by atoms with Crippen LogP contribution in [0.1, 0.15) is 47.4 Å². The number of hydrogen-bond acceptors (Lipinski definition) is 5. The SMILES string of the molecule is CCOC(=O)c1cc(C(=O)OC(C)C)c(C(F)(F)F)o1. The molecular weight excluding hydrogens is 281 g/mol. The fraction of sp³-hybridized carbons (Fsp3) is 0.500. The molecule has 1 aromatic heterocycles. The number of halogens is 3. The molecule has 8 heteroatoms. The highest BCUT2D eigenvalue weighted by atomic mass is 19.4. The van der Waals surface area contributed by atoms with Crippen LogP contribution in [0.2, 0.25) is 0 Å². The van der Waals surface area contributed by atoms with Crippen LogP contribution in [0.15, 0.2) is 10.5 Å². The summed E-state index contributed by atoms with van der Waals surface area (Å²) in [6.07, 6.45) is -5.53. The third kappa shape index (κ3) is 3.75. The summed E-state index contributed by atoms with van der Waals surface area (Å²) in [5.74, 6) is -4.57. The molecule has 112 valence electrons. The molecule has 0 aliphatic heterocycles. The molecular formula is C12H13F3O5. The first-order chi connectivity index (χ1) is 9.16. The molecule has 0 fully saturated rings. The molecule has 0 amide bonds. The van der Waals surface area contributed by atoms with E-state index < -0.39 is 41.3 Å². The first-order valence-corrected chi connectivity index (χ1v) is 5.76. The van der Waals surface area contributed by atoms with Gasteiger partial charge in [-0.2, -0.15) is 13.2 Å². The minimum atomic E-state index is -4.92. The van der Waals surface area contributed by atoms with Crippen LogP contribution < -0.4 is 0 Å². The van der Waals surface area contributed by atoms with E-state index in [0.29, 0.717) is 6.07 Å². The zero-order chi connectivity index (χ0) is 15.5. The Morgan fingerprint density at radius 2 is 1.90 bits per heavy atom. The van der Waals surface area contributed by atoms with E-state index in [1.54, 1.807) is 0 Å². The Morgan fingerprint density at radius 3 is 2.35 bits per heavy atom. The van der Waals surface area contributed by atoms with Crippen molar-refractivity contribution in [2.75, 3.05) is 6.61 Å². The van der Waals surface area contributed by atoms with E-state index in [-0.39, 0.29) is 6.61 Å². The van der Waals surface area contributed by atoms with E-state index in [4.69, 9.17) is 0 Å². The van der Waals surface area contributed by atoms with Crippen molar-refractivity contribution in [1.82, 2.24) is 0 Å². The minimum absolute atomic E-state index is 0.0351. The smallest absolute Gasteiger partial charge is 0.450 e. The summed E-state index contributed by atoms with van der Waals surface area (Å²) in [5.41, 5.74) is -0.853. The van der Waals surface area contributed by atoms with Crippen LogP contribution in [0.25, 0.3) is 0 Å². The molecule has 0 bridgehead atoms. The molecule has 0 N–H and O–H groups in total. The zero-order valence-corrected chi connectivity index (χ0v) is 11.0. The van der Waals surface area contributed by atoms with Gasteiger partial charge in [0, 0.05) is 6.07 Å². The first kappa shape index (κ1) is 16.1. The van der Waals surface area contributed by atoms with E-state index in [1.165, 1.54) is 20.8 Å². The number of alkyl halides is 3. The molecule has 1 heterocycles. The maximum Gasteiger partial charge on any atom is 0.450 e. The molecule has 1 rings (SSSR count). The molecule has 20 heavy (non-hydrogen) atoms. The molecule has 0 aromatic carbocycles. The van der Waals surface area contributed by atoms with Crippen LogP contribution >= 0.6 is 0 Å². The lowest BCUT2D eigenvalue weighted by atomic mass is 10.2. The zero-order valence-electron chi connectivity index (χ0n) is 11.0. The number of hydrogen-bond donors (Lipinski definition) is 0. The molecule has 0 aliphatic carbocycles. The summed E-state index contributed by atoms with van der Waals surface area (Å²) in [4.78, 5) is 22.9. The van der Waals surface area contributed by atoms with Gasteiger partial charge in [0.2, 0.25) is 11.5 Å². The topological polar surface area (TPSA) is 65.7 Å². The Morgan fingerprint density at radius 1 is 1.30 bits per heavy atom. The Hall–Kier alpha value is -1.99. The van der Waals surface area contributed by atoms with Gasteiger partial charge in [0.25, 0.3) is 0 Å². The van der Waals surface area contributed by atoms with Gasteiger partial charge in [-0.05, 0) is 20.8 Å². The number of carbonyl (C=O) groups is 2. The molecule has 0 spiro atoms. The quantitative estimate of drug-likeness (QED) is 0.798. The number of esters is 2. The minimum Gasteiger partial charge on any atom is -0.460 e. The summed E-state index contributed by atoms with van der Waals surface area (Å²) in [6.45, 7) is 4.42. The fourth-order valence-electron chi connectivity index (χ4n) is 1.33. The van der Waals surface area contributed by atoms with E-state index >= 15 is 0 Å². The van der Waals surface area contributed by atoms with Crippen LogP contribution in [-0.2, 0) is 15.7 Å². The van der Waals surface area contributed by atoms with Gasteiger partial charge in [0.1, 0.15) is 5.56 Å². The van der Waals surface area contributed by atoms with Crippen LogP contribution in [0.5, 0.6) is 0 Å². The Balaban J connectivity index is 3.20. The molecule has 0 radical (unpaired) electrons. The second-order valence-electron chi connectivity index (χ2n) is 4.03. The van der Waals surface area contributed by atoms with Crippen LogP contribution in [0.3, 0.4) is 0 Å². The Bertz CT molecular complexity index is 502. The van der Waals surface area contributed by atoms with Crippen LogP contribution in [0.4, 0.5) is 13.2 Å². The van der Waals surface area contributed by atoms with Crippen molar-refractivity contribution in [3.63, 3.8) is 0 Å². The molecule has 0 unspecified atom stereocenters. The van der Waals surface area contributed by atoms with Crippen molar-refractivity contribution in [1.29, 1.82) is 0 Å². The third-order valence-electron chi connectivity index (χ3n) is 2.03. The summed E-state index contributed by atoms with van der Waals surface area (Å²) in [5, 5.41) is 0. The summed E-state index contributed by atoms with van der Waals surface area (Å²) in [6, 6.07) is 0.672. The van der Waals surface area contributed by atoms with Crippen molar-refractivity contribution >= 4 is 11.9 Å². The van der Waals surface area contributed by atoms with Gasteiger partial charge in [0.05, 0.1) is 12.7 Å². The van der Waals surface area contributed by atoms with Gasteiger partial charge in [-0.25, -0.2) is 9.59 Å². The fourth-order valence-corrected chi connectivity index (χ4v) is 1.33. The van der Waals surface area contributed by atoms with E-state index in [9.17, 15) is 22.8 Å². The van der Waals surface area contributed by atoms with Gasteiger partial charge in [-0.1, -0.05) is 0 Å². The van der Waals surface area contributed by atoms with Crippen molar-refractivity contribution in [2.24, 2.45) is 0 Å². The molecule has 1 aromatic rings. The van der Waals surface area contributed by atoms with Gasteiger partial charge in [0.15, 0.2) is 0 Å². The second kappa shape index (κ2) is 5.98. The molecule has 5 nitrogen and oxygen atoms in total. The van der Waals surface area contributed by atoms with Crippen molar-refractivity contribution in [3.8, 4) is 0 Å². The lowest BCUT2D eigenvalue weighted by Crippen LogP contribution is -2.16. The second-order valence-corrected chi connectivity index (χ2v) is 4.03. The van der Waals surface area contributed by atoms with Crippen molar-refractivity contribution in [3.05, 3.63) is 23.2 Å². The van der Waals surface area contributed by atoms with Gasteiger partial charge < -0.3 is 13.9 Å². The average Bonchev–Trinajstić information content (AvgIpc) is 2.72. The standard InChI is InChI=1S/C12H13F3O5/c1-4-18-11(17)8-5-7(10(16)19-6(2)3)9(20-8)12(13,14)15/h5-6H,4H2,1-3H3. The van der Waals surface area contributed by atoms with Gasteiger partial charge >= 0.3 is 18.1 Å². The summed E-state index contributed by atoms with van der Waals surface area (Å²) < 4.78 is 51.9. The number of furan rings is 1. The van der Waals surface area contributed by atoms with Crippen LogP contribution in [-0.4, -0.2) is 24.6 Å². The Labute approximate surface area is 112 Å². The average molecular weight is 294 g/mol. The highest BCUT2D eigenvalue weighted by Crippen LogP contribution is 2.34. The molecule has 0 saturated heterocycles. The molecule has 0 atom stereocenters. The number of ether oxygens (including phenoxy) is 2. The molecule has 0 aliphatic rings. The summed E-state index contributed by atoms with van der Waals surface area (Å²) in [7, 11) is 0. The normalized spacial score (nSPS) is 11.6. The van der Waals surface area contributed by atoms with E-state index in [1.807, 2.05) is 0 Å². The van der Waals surface area contributed by atoms with Crippen molar-refractivity contribution < 1.29 is 36.7 Å². The maximum absolute atomic E-state index is 12.8.